The highest BCUT2D eigenvalue weighted by molar-refractivity contribution is 7.99. The van der Waals surface area contributed by atoms with Gasteiger partial charge in [0, 0.05) is 16.0 Å². The molecule has 106 valence electrons. The fourth-order valence-electron chi connectivity index (χ4n) is 1.96. The van der Waals surface area contributed by atoms with E-state index in [9.17, 15) is 0 Å². The molecule has 2 aromatic carbocycles. The second kappa shape index (κ2) is 7.02. The van der Waals surface area contributed by atoms with Crippen LogP contribution in [0, 0.1) is 0 Å². The maximum absolute atomic E-state index is 6.29. The summed E-state index contributed by atoms with van der Waals surface area (Å²) in [6.07, 6.45) is 0. The van der Waals surface area contributed by atoms with Gasteiger partial charge in [-0.25, -0.2) is 0 Å². The molecule has 0 heterocycles. The molecule has 0 aliphatic heterocycles. The van der Waals surface area contributed by atoms with Crippen molar-refractivity contribution in [1.82, 2.24) is 0 Å². The van der Waals surface area contributed by atoms with Gasteiger partial charge in [-0.05, 0) is 42.8 Å². The molecule has 0 amide bonds. The lowest BCUT2D eigenvalue weighted by Gasteiger charge is -2.22. The summed E-state index contributed by atoms with van der Waals surface area (Å²) in [5, 5.41) is 0.882. The predicted octanol–water partition coefficient (Wildman–Crippen LogP) is 4.53. The molecule has 0 aliphatic rings. The highest BCUT2D eigenvalue weighted by atomic mass is 35.5. The SMILES string of the molecule is COc1ccc(SC(c2ccccc2Cl)C(C)N)cc1. The van der Waals surface area contributed by atoms with E-state index in [1.54, 1.807) is 18.9 Å². The Morgan fingerprint density at radius 1 is 1.10 bits per heavy atom. The minimum absolute atomic E-state index is 0.00185. The Hall–Kier alpha value is -1.16. The standard InChI is InChI=1S/C16H18ClNOS/c1-11(18)16(14-5-3-4-6-15(14)17)20-13-9-7-12(19-2)8-10-13/h3-11,16H,18H2,1-2H3. The fraction of sp³-hybridized carbons (Fsp3) is 0.250. The molecule has 4 heteroatoms. The molecule has 20 heavy (non-hydrogen) atoms. The largest absolute Gasteiger partial charge is 0.497 e. The summed E-state index contributed by atoms with van der Waals surface area (Å²) >= 11 is 8.01. The maximum atomic E-state index is 6.29. The van der Waals surface area contributed by atoms with Crippen LogP contribution in [0.25, 0.3) is 0 Å². The van der Waals surface area contributed by atoms with Crippen molar-refractivity contribution in [1.29, 1.82) is 0 Å². The molecule has 0 saturated carbocycles. The van der Waals surface area contributed by atoms with E-state index in [2.05, 4.69) is 0 Å². The molecule has 0 radical (unpaired) electrons. The van der Waals surface area contributed by atoms with Crippen molar-refractivity contribution in [2.45, 2.75) is 23.1 Å². The smallest absolute Gasteiger partial charge is 0.118 e. The van der Waals surface area contributed by atoms with Crippen LogP contribution in [0.15, 0.2) is 53.4 Å². The Morgan fingerprint density at radius 3 is 2.30 bits per heavy atom. The van der Waals surface area contributed by atoms with E-state index in [1.807, 2.05) is 55.5 Å². The van der Waals surface area contributed by atoms with Gasteiger partial charge in [0.25, 0.3) is 0 Å². The van der Waals surface area contributed by atoms with Gasteiger partial charge in [-0.15, -0.1) is 11.8 Å². The van der Waals surface area contributed by atoms with E-state index in [1.165, 1.54) is 0 Å². The van der Waals surface area contributed by atoms with Gasteiger partial charge >= 0.3 is 0 Å². The Balaban J connectivity index is 2.23. The Labute approximate surface area is 129 Å². The molecule has 2 atom stereocenters. The molecular weight excluding hydrogens is 290 g/mol. The normalized spacial score (nSPS) is 13.8. The van der Waals surface area contributed by atoms with Gasteiger partial charge in [-0.1, -0.05) is 29.8 Å². The zero-order valence-corrected chi connectivity index (χ0v) is 13.1. The molecule has 0 bridgehead atoms. The summed E-state index contributed by atoms with van der Waals surface area (Å²) in [4.78, 5) is 1.15. The third-order valence-electron chi connectivity index (χ3n) is 3.01. The second-order valence-corrected chi connectivity index (χ2v) is 6.22. The zero-order valence-electron chi connectivity index (χ0n) is 11.5. The van der Waals surface area contributed by atoms with Crippen LogP contribution in [0.3, 0.4) is 0 Å². The van der Waals surface area contributed by atoms with Crippen LogP contribution < -0.4 is 10.5 Å². The van der Waals surface area contributed by atoms with Gasteiger partial charge in [-0.2, -0.15) is 0 Å². The topological polar surface area (TPSA) is 35.2 Å². The van der Waals surface area contributed by atoms with Crippen molar-refractivity contribution in [3.63, 3.8) is 0 Å². The molecular formula is C16H18ClNOS. The Bertz CT molecular complexity index is 557. The van der Waals surface area contributed by atoms with E-state index < -0.39 is 0 Å². The maximum Gasteiger partial charge on any atom is 0.118 e. The highest BCUT2D eigenvalue weighted by Crippen LogP contribution is 2.40. The first kappa shape index (κ1) is 15.2. The number of hydrogen-bond acceptors (Lipinski definition) is 3. The van der Waals surface area contributed by atoms with E-state index in [4.69, 9.17) is 22.1 Å². The summed E-state index contributed by atoms with van der Waals surface area (Å²) in [5.41, 5.74) is 7.21. The molecule has 0 fully saturated rings. The average Bonchev–Trinajstić information content (AvgIpc) is 2.46. The Morgan fingerprint density at radius 2 is 1.75 bits per heavy atom. The lowest BCUT2D eigenvalue weighted by atomic mass is 10.1. The van der Waals surface area contributed by atoms with Crippen molar-refractivity contribution in [2.24, 2.45) is 5.73 Å². The van der Waals surface area contributed by atoms with Crippen LogP contribution >= 0.6 is 23.4 Å². The first-order valence-electron chi connectivity index (χ1n) is 6.42. The lowest BCUT2D eigenvalue weighted by Crippen LogP contribution is -2.22. The molecule has 0 aliphatic carbocycles. The number of methoxy groups -OCH3 is 1. The van der Waals surface area contributed by atoms with Crippen molar-refractivity contribution >= 4 is 23.4 Å². The second-order valence-electron chi connectivity index (χ2n) is 4.59. The number of rotatable bonds is 5. The number of nitrogens with two attached hydrogens (primary N) is 1. The van der Waals surface area contributed by atoms with Crippen LogP contribution in [-0.2, 0) is 0 Å². The summed E-state index contributed by atoms with van der Waals surface area (Å²) in [5.74, 6) is 0.851. The highest BCUT2D eigenvalue weighted by Gasteiger charge is 2.20. The van der Waals surface area contributed by atoms with Gasteiger partial charge in [0.05, 0.1) is 12.4 Å². The van der Waals surface area contributed by atoms with Crippen LogP contribution in [0.1, 0.15) is 17.7 Å². The number of benzene rings is 2. The van der Waals surface area contributed by atoms with E-state index in [0.717, 1.165) is 21.2 Å². The van der Waals surface area contributed by atoms with Gasteiger partial charge < -0.3 is 10.5 Å². The number of thioether (sulfide) groups is 1. The van der Waals surface area contributed by atoms with Gasteiger partial charge in [0.1, 0.15) is 5.75 Å². The van der Waals surface area contributed by atoms with Gasteiger partial charge in [0.15, 0.2) is 0 Å². The van der Waals surface area contributed by atoms with Gasteiger partial charge in [0.2, 0.25) is 0 Å². The monoisotopic (exact) mass is 307 g/mol. The van der Waals surface area contributed by atoms with Gasteiger partial charge in [-0.3, -0.25) is 0 Å². The Kier molecular flexibility index (Phi) is 5.35. The van der Waals surface area contributed by atoms with Crippen molar-refractivity contribution < 1.29 is 4.74 Å². The van der Waals surface area contributed by atoms with Crippen molar-refractivity contribution in [3.05, 3.63) is 59.1 Å². The summed E-state index contributed by atoms with van der Waals surface area (Å²) in [6, 6.07) is 15.8. The first-order chi connectivity index (χ1) is 9.61. The van der Waals surface area contributed by atoms with Crippen LogP contribution in [0.4, 0.5) is 0 Å². The van der Waals surface area contributed by atoms with Crippen molar-refractivity contribution in [2.75, 3.05) is 7.11 Å². The third-order valence-corrected chi connectivity index (χ3v) is 4.84. The summed E-state index contributed by atoms with van der Waals surface area (Å²) in [7, 11) is 1.66. The van der Waals surface area contributed by atoms with Crippen LogP contribution in [0.2, 0.25) is 5.02 Å². The predicted molar refractivity (Wildman–Crippen MR) is 86.7 cm³/mol. The number of halogens is 1. The van der Waals surface area contributed by atoms with Crippen molar-refractivity contribution in [3.8, 4) is 5.75 Å². The lowest BCUT2D eigenvalue weighted by molar-refractivity contribution is 0.414. The molecule has 2 unspecified atom stereocenters. The molecule has 2 N–H and O–H groups in total. The van der Waals surface area contributed by atoms with E-state index in [0.29, 0.717) is 0 Å². The molecule has 2 nitrogen and oxygen atoms in total. The summed E-state index contributed by atoms with van der Waals surface area (Å²) < 4.78 is 5.17. The fourth-order valence-corrected chi connectivity index (χ4v) is 3.41. The summed E-state index contributed by atoms with van der Waals surface area (Å²) in [6.45, 7) is 2.00. The molecule has 2 aromatic rings. The van der Waals surface area contributed by atoms with Crippen LogP contribution in [0.5, 0.6) is 5.75 Å². The van der Waals surface area contributed by atoms with E-state index >= 15 is 0 Å². The zero-order chi connectivity index (χ0) is 14.5. The van der Waals surface area contributed by atoms with E-state index in [-0.39, 0.29) is 11.3 Å². The minimum Gasteiger partial charge on any atom is -0.497 e. The minimum atomic E-state index is 0.00185. The number of hydrogen-bond donors (Lipinski definition) is 1. The first-order valence-corrected chi connectivity index (χ1v) is 7.68. The molecule has 2 rings (SSSR count). The average molecular weight is 308 g/mol. The number of ether oxygens (including phenoxy) is 1. The third kappa shape index (κ3) is 3.69. The van der Waals surface area contributed by atoms with Crippen LogP contribution in [-0.4, -0.2) is 13.2 Å². The molecule has 0 saturated heterocycles. The quantitative estimate of drug-likeness (QED) is 0.824. The molecule has 0 spiro atoms. The molecule has 0 aromatic heterocycles.